The Hall–Kier alpha value is -2.35. The van der Waals surface area contributed by atoms with E-state index in [1.807, 2.05) is 36.4 Å². The summed E-state index contributed by atoms with van der Waals surface area (Å²) in [7, 11) is 0. The van der Waals surface area contributed by atoms with Gasteiger partial charge in [0.2, 0.25) is 0 Å². The molecule has 2 heteroatoms. The number of rotatable bonds is 6. The SMILES string of the molecule is CCc1ccc(C(=O)/C=C/Nc2cccc(C(C)C)c2)cc1. The van der Waals surface area contributed by atoms with E-state index in [4.69, 9.17) is 0 Å². The fourth-order valence-corrected chi connectivity index (χ4v) is 2.20. The average Bonchev–Trinajstić information content (AvgIpc) is 2.55. The van der Waals surface area contributed by atoms with Gasteiger partial charge in [0.05, 0.1) is 0 Å². The summed E-state index contributed by atoms with van der Waals surface area (Å²) in [4.78, 5) is 12.1. The van der Waals surface area contributed by atoms with Crippen LogP contribution in [0, 0.1) is 0 Å². The molecule has 0 aromatic heterocycles. The van der Waals surface area contributed by atoms with Crippen molar-refractivity contribution in [2.45, 2.75) is 33.1 Å². The second kappa shape index (κ2) is 7.60. The first-order valence-corrected chi connectivity index (χ1v) is 7.76. The molecule has 0 aliphatic heterocycles. The van der Waals surface area contributed by atoms with E-state index in [2.05, 4.69) is 38.2 Å². The van der Waals surface area contributed by atoms with Crippen LogP contribution in [0.1, 0.15) is 48.2 Å². The first-order valence-electron chi connectivity index (χ1n) is 7.76. The van der Waals surface area contributed by atoms with Gasteiger partial charge in [-0.15, -0.1) is 0 Å². The molecule has 2 aromatic carbocycles. The number of hydrogen-bond acceptors (Lipinski definition) is 2. The monoisotopic (exact) mass is 293 g/mol. The summed E-state index contributed by atoms with van der Waals surface area (Å²) in [6.45, 7) is 6.43. The lowest BCUT2D eigenvalue weighted by Crippen LogP contribution is -1.97. The van der Waals surface area contributed by atoms with E-state index in [0.29, 0.717) is 11.5 Å². The van der Waals surface area contributed by atoms with Crippen molar-refractivity contribution in [2.75, 3.05) is 5.32 Å². The number of carbonyl (C=O) groups is 1. The maximum absolute atomic E-state index is 12.1. The van der Waals surface area contributed by atoms with Crippen molar-refractivity contribution in [2.24, 2.45) is 0 Å². The predicted octanol–water partition coefficient (Wildman–Crippen LogP) is 5.18. The molecular weight excluding hydrogens is 270 g/mol. The lowest BCUT2D eigenvalue weighted by molar-refractivity contribution is 0.104. The maximum atomic E-state index is 12.1. The molecule has 0 unspecified atom stereocenters. The molecule has 1 N–H and O–H groups in total. The summed E-state index contributed by atoms with van der Waals surface area (Å²) in [5.74, 6) is 0.500. The van der Waals surface area contributed by atoms with Crippen molar-refractivity contribution in [1.29, 1.82) is 0 Å². The van der Waals surface area contributed by atoms with Gasteiger partial charge >= 0.3 is 0 Å². The van der Waals surface area contributed by atoms with Gasteiger partial charge < -0.3 is 5.32 Å². The summed E-state index contributed by atoms with van der Waals surface area (Å²) in [5, 5.41) is 3.16. The van der Waals surface area contributed by atoms with Gasteiger partial charge in [-0.2, -0.15) is 0 Å². The molecule has 0 fully saturated rings. The number of benzene rings is 2. The smallest absolute Gasteiger partial charge is 0.187 e. The molecule has 2 nitrogen and oxygen atoms in total. The summed E-state index contributed by atoms with van der Waals surface area (Å²) in [5.41, 5.74) is 4.23. The summed E-state index contributed by atoms with van der Waals surface area (Å²) < 4.78 is 0. The van der Waals surface area contributed by atoms with Crippen LogP contribution in [0.2, 0.25) is 0 Å². The largest absolute Gasteiger partial charge is 0.362 e. The lowest BCUT2D eigenvalue weighted by Gasteiger charge is -2.07. The van der Waals surface area contributed by atoms with Crippen molar-refractivity contribution in [1.82, 2.24) is 0 Å². The second-order valence-corrected chi connectivity index (χ2v) is 5.67. The Kier molecular flexibility index (Phi) is 5.54. The third-order valence-electron chi connectivity index (χ3n) is 3.68. The highest BCUT2D eigenvalue weighted by Crippen LogP contribution is 2.18. The second-order valence-electron chi connectivity index (χ2n) is 5.67. The van der Waals surface area contributed by atoms with Crippen LogP contribution in [0.5, 0.6) is 0 Å². The van der Waals surface area contributed by atoms with E-state index in [1.165, 1.54) is 11.1 Å². The number of anilines is 1. The topological polar surface area (TPSA) is 29.1 Å². The Labute approximate surface area is 132 Å². The molecule has 0 bridgehead atoms. The van der Waals surface area contributed by atoms with Gasteiger partial charge in [0.15, 0.2) is 5.78 Å². The highest BCUT2D eigenvalue weighted by Gasteiger charge is 2.02. The van der Waals surface area contributed by atoms with E-state index in [1.54, 1.807) is 12.3 Å². The van der Waals surface area contributed by atoms with Crippen LogP contribution < -0.4 is 5.32 Å². The van der Waals surface area contributed by atoms with Crippen molar-refractivity contribution in [3.05, 3.63) is 77.5 Å². The van der Waals surface area contributed by atoms with Crippen LogP contribution in [0.4, 0.5) is 5.69 Å². The molecule has 0 saturated heterocycles. The van der Waals surface area contributed by atoms with Crippen molar-refractivity contribution in [3.63, 3.8) is 0 Å². The minimum absolute atomic E-state index is 0.00941. The van der Waals surface area contributed by atoms with E-state index in [9.17, 15) is 4.79 Å². The molecule has 0 heterocycles. The minimum atomic E-state index is 0.00941. The normalized spacial score (nSPS) is 11.1. The average molecular weight is 293 g/mol. The highest BCUT2D eigenvalue weighted by molar-refractivity contribution is 6.04. The number of ketones is 1. The molecule has 114 valence electrons. The number of aryl methyl sites for hydroxylation is 1. The first kappa shape index (κ1) is 16.0. The molecule has 0 radical (unpaired) electrons. The molecule has 0 amide bonds. The van der Waals surface area contributed by atoms with Gasteiger partial charge in [-0.1, -0.05) is 57.2 Å². The third kappa shape index (κ3) is 4.32. The molecule has 2 rings (SSSR count). The quantitative estimate of drug-likeness (QED) is 0.587. The lowest BCUT2D eigenvalue weighted by atomic mass is 10.0. The van der Waals surface area contributed by atoms with E-state index in [0.717, 1.165) is 12.1 Å². The fourth-order valence-electron chi connectivity index (χ4n) is 2.20. The van der Waals surface area contributed by atoms with Crippen LogP contribution in [0.3, 0.4) is 0 Å². The standard InChI is InChI=1S/C20H23NO/c1-4-16-8-10-17(11-9-16)20(22)12-13-21-19-7-5-6-18(14-19)15(2)3/h5-15,21H,4H2,1-3H3/b13-12+. The number of nitrogens with one attached hydrogen (secondary N) is 1. The Morgan fingerprint density at radius 3 is 2.50 bits per heavy atom. The molecule has 0 aliphatic carbocycles. The maximum Gasteiger partial charge on any atom is 0.187 e. The third-order valence-corrected chi connectivity index (χ3v) is 3.68. The van der Waals surface area contributed by atoms with Gasteiger partial charge in [-0.05, 0) is 35.6 Å². The molecule has 0 spiro atoms. The Morgan fingerprint density at radius 2 is 1.86 bits per heavy atom. The van der Waals surface area contributed by atoms with Crippen molar-refractivity contribution < 1.29 is 4.79 Å². The molecule has 22 heavy (non-hydrogen) atoms. The molecule has 0 saturated carbocycles. The zero-order valence-electron chi connectivity index (χ0n) is 13.5. The minimum Gasteiger partial charge on any atom is -0.362 e. The Bertz CT molecular complexity index is 654. The summed E-state index contributed by atoms with van der Waals surface area (Å²) in [6.07, 6.45) is 4.26. The van der Waals surface area contributed by atoms with Crippen LogP contribution in [-0.4, -0.2) is 5.78 Å². The van der Waals surface area contributed by atoms with Crippen molar-refractivity contribution in [3.8, 4) is 0 Å². The summed E-state index contributed by atoms with van der Waals surface area (Å²) in [6, 6.07) is 16.0. The predicted molar refractivity (Wildman–Crippen MR) is 93.4 cm³/mol. The Morgan fingerprint density at radius 1 is 1.14 bits per heavy atom. The fraction of sp³-hybridized carbons (Fsp3) is 0.250. The van der Waals surface area contributed by atoms with Crippen molar-refractivity contribution >= 4 is 11.5 Å². The highest BCUT2D eigenvalue weighted by atomic mass is 16.1. The van der Waals surface area contributed by atoms with Gasteiger partial charge in [-0.3, -0.25) is 4.79 Å². The van der Waals surface area contributed by atoms with E-state index >= 15 is 0 Å². The molecule has 0 atom stereocenters. The molecule has 0 aliphatic rings. The summed E-state index contributed by atoms with van der Waals surface area (Å²) >= 11 is 0. The van der Waals surface area contributed by atoms with E-state index < -0.39 is 0 Å². The van der Waals surface area contributed by atoms with Crippen LogP contribution in [0.25, 0.3) is 0 Å². The van der Waals surface area contributed by atoms with E-state index in [-0.39, 0.29) is 5.78 Å². The Balaban J connectivity index is 1.99. The number of carbonyl (C=O) groups excluding carboxylic acids is 1. The van der Waals surface area contributed by atoms with Crippen LogP contribution in [-0.2, 0) is 6.42 Å². The van der Waals surface area contributed by atoms with Gasteiger partial charge in [0, 0.05) is 23.5 Å². The van der Waals surface area contributed by atoms with Gasteiger partial charge in [0.25, 0.3) is 0 Å². The zero-order chi connectivity index (χ0) is 15.9. The number of hydrogen-bond donors (Lipinski definition) is 1. The van der Waals surface area contributed by atoms with Crippen LogP contribution in [0.15, 0.2) is 60.8 Å². The van der Waals surface area contributed by atoms with Gasteiger partial charge in [0.1, 0.15) is 0 Å². The molecule has 2 aromatic rings. The zero-order valence-corrected chi connectivity index (χ0v) is 13.5. The first-order chi connectivity index (χ1) is 10.6. The van der Waals surface area contributed by atoms with Crippen LogP contribution >= 0.6 is 0 Å². The molecular formula is C20H23NO. The number of allylic oxidation sites excluding steroid dienone is 1. The van der Waals surface area contributed by atoms with Gasteiger partial charge in [-0.25, -0.2) is 0 Å².